The molecule has 3 rings (SSSR count). The summed E-state index contributed by atoms with van der Waals surface area (Å²) in [6, 6.07) is 0. The van der Waals surface area contributed by atoms with Crippen LogP contribution in [0.2, 0.25) is 0 Å². The summed E-state index contributed by atoms with van der Waals surface area (Å²) in [6.45, 7) is 2.22. The fourth-order valence-corrected chi connectivity index (χ4v) is 5.16. The molecule has 0 amide bonds. The Morgan fingerprint density at radius 3 is 1.78 bits per heavy atom. The van der Waals surface area contributed by atoms with Gasteiger partial charge in [0.15, 0.2) is 0 Å². The quantitative estimate of drug-likeness (QED) is 0.452. The SMILES string of the molecule is CCCC[C@@H](Cl)B1O[C@H](C2CCCCC2)[C@@H](C2CCCCC2)O1. The van der Waals surface area contributed by atoms with Crippen molar-refractivity contribution in [2.24, 2.45) is 11.8 Å². The topological polar surface area (TPSA) is 18.5 Å². The summed E-state index contributed by atoms with van der Waals surface area (Å²) in [5.74, 6) is 1.41. The van der Waals surface area contributed by atoms with Crippen molar-refractivity contribution >= 4 is 18.7 Å². The highest BCUT2D eigenvalue weighted by atomic mass is 35.5. The molecular weight excluding hydrogens is 306 g/mol. The van der Waals surface area contributed by atoms with E-state index in [1.165, 1.54) is 77.0 Å². The Kier molecular flexibility index (Phi) is 7.16. The van der Waals surface area contributed by atoms with Gasteiger partial charge in [0.05, 0.1) is 17.5 Å². The number of rotatable bonds is 6. The van der Waals surface area contributed by atoms with Crippen LogP contribution in [0.1, 0.15) is 90.4 Å². The van der Waals surface area contributed by atoms with Crippen LogP contribution in [0.3, 0.4) is 0 Å². The average Bonchev–Trinajstić information content (AvgIpc) is 3.06. The van der Waals surface area contributed by atoms with Crippen LogP contribution in [0.15, 0.2) is 0 Å². The third-order valence-electron chi connectivity index (χ3n) is 6.26. The summed E-state index contributed by atoms with van der Waals surface area (Å²) in [6.07, 6.45) is 17.6. The second-order valence-electron chi connectivity index (χ2n) is 8.02. The molecule has 2 nitrogen and oxygen atoms in total. The largest absolute Gasteiger partial charge is 0.476 e. The van der Waals surface area contributed by atoms with Gasteiger partial charge in [-0.2, -0.15) is 0 Å². The number of unbranched alkanes of at least 4 members (excludes halogenated alkanes) is 1. The van der Waals surface area contributed by atoms with Crippen molar-refractivity contribution in [3.63, 3.8) is 0 Å². The minimum absolute atomic E-state index is 0.0228. The second kappa shape index (κ2) is 9.11. The van der Waals surface area contributed by atoms with Crippen LogP contribution >= 0.6 is 11.6 Å². The molecule has 23 heavy (non-hydrogen) atoms. The molecule has 0 aromatic carbocycles. The minimum atomic E-state index is -0.165. The van der Waals surface area contributed by atoms with Crippen molar-refractivity contribution in [2.45, 2.75) is 108 Å². The summed E-state index contributed by atoms with van der Waals surface area (Å²) < 4.78 is 12.9. The van der Waals surface area contributed by atoms with Gasteiger partial charge in [0.2, 0.25) is 0 Å². The first-order valence-electron chi connectivity index (χ1n) is 10.2. The van der Waals surface area contributed by atoms with Crippen LogP contribution in [0.4, 0.5) is 0 Å². The summed E-state index contributed by atoms with van der Waals surface area (Å²) in [5, 5.41) is 0.0228. The molecule has 0 aromatic rings. The Hall–Kier alpha value is 0.275. The maximum Gasteiger partial charge on any atom is 0.476 e. The summed E-state index contributed by atoms with van der Waals surface area (Å²) in [7, 11) is -0.165. The first kappa shape index (κ1) is 18.1. The van der Waals surface area contributed by atoms with E-state index in [1.54, 1.807) is 0 Å². The molecule has 0 N–H and O–H groups in total. The van der Waals surface area contributed by atoms with Crippen molar-refractivity contribution in [2.75, 3.05) is 0 Å². The summed E-state index contributed by atoms with van der Waals surface area (Å²) in [4.78, 5) is 0. The normalized spacial score (nSPS) is 32.3. The molecule has 1 aliphatic heterocycles. The molecule has 0 radical (unpaired) electrons. The van der Waals surface area contributed by atoms with Crippen molar-refractivity contribution in [3.05, 3.63) is 0 Å². The third-order valence-corrected chi connectivity index (χ3v) is 6.69. The van der Waals surface area contributed by atoms with Gasteiger partial charge in [-0.3, -0.25) is 0 Å². The molecule has 1 saturated heterocycles. The van der Waals surface area contributed by atoms with Gasteiger partial charge in [0.25, 0.3) is 0 Å². The lowest BCUT2D eigenvalue weighted by atomic mass is 9.77. The standard InChI is InChI=1S/C19H34BClO2/c1-2-3-14-17(21)20-22-18(15-10-6-4-7-11-15)19(23-20)16-12-8-5-9-13-16/h15-19H,2-14H2,1H3/t17-,18-,19-/m1/s1. The van der Waals surface area contributed by atoms with E-state index in [-0.39, 0.29) is 12.4 Å². The average molecular weight is 341 g/mol. The molecule has 4 heteroatoms. The van der Waals surface area contributed by atoms with E-state index in [9.17, 15) is 0 Å². The van der Waals surface area contributed by atoms with E-state index in [0.717, 1.165) is 6.42 Å². The van der Waals surface area contributed by atoms with Gasteiger partial charge in [-0.1, -0.05) is 58.3 Å². The smallest absolute Gasteiger partial charge is 0.404 e. The van der Waals surface area contributed by atoms with E-state index in [1.807, 2.05) is 0 Å². The second-order valence-corrected chi connectivity index (χ2v) is 8.58. The molecule has 132 valence electrons. The van der Waals surface area contributed by atoms with E-state index in [2.05, 4.69) is 6.92 Å². The molecular formula is C19H34BClO2. The number of alkyl halides is 1. The van der Waals surface area contributed by atoms with E-state index in [0.29, 0.717) is 24.0 Å². The maximum atomic E-state index is 6.62. The maximum absolute atomic E-state index is 6.62. The van der Waals surface area contributed by atoms with Gasteiger partial charge in [-0.25, -0.2) is 0 Å². The van der Waals surface area contributed by atoms with Gasteiger partial charge >= 0.3 is 7.12 Å². The lowest BCUT2D eigenvalue weighted by Crippen LogP contribution is -2.38. The van der Waals surface area contributed by atoms with E-state index in [4.69, 9.17) is 20.9 Å². The lowest BCUT2D eigenvalue weighted by molar-refractivity contribution is 0.0324. The Bertz CT molecular complexity index is 316. The number of halogens is 1. The van der Waals surface area contributed by atoms with Crippen molar-refractivity contribution in [3.8, 4) is 0 Å². The highest BCUT2D eigenvalue weighted by Crippen LogP contribution is 2.41. The van der Waals surface area contributed by atoms with Crippen LogP contribution in [0.25, 0.3) is 0 Å². The van der Waals surface area contributed by atoms with Gasteiger partial charge in [-0.15, -0.1) is 11.6 Å². The van der Waals surface area contributed by atoms with Gasteiger partial charge in [0.1, 0.15) is 0 Å². The molecule has 0 aromatic heterocycles. The highest BCUT2D eigenvalue weighted by molar-refractivity contribution is 6.59. The molecule has 1 heterocycles. The predicted octanol–water partition coefficient (Wildman–Crippen LogP) is 5.76. The zero-order chi connectivity index (χ0) is 16.1. The van der Waals surface area contributed by atoms with E-state index >= 15 is 0 Å². The minimum Gasteiger partial charge on any atom is -0.404 e. The van der Waals surface area contributed by atoms with Crippen molar-refractivity contribution in [1.29, 1.82) is 0 Å². The highest BCUT2D eigenvalue weighted by Gasteiger charge is 2.49. The molecule has 0 unspecified atom stereocenters. The predicted molar refractivity (Wildman–Crippen MR) is 97.8 cm³/mol. The fraction of sp³-hybridized carbons (Fsp3) is 1.00. The Labute approximate surface area is 148 Å². The summed E-state index contributed by atoms with van der Waals surface area (Å²) in [5.41, 5.74) is 0. The third kappa shape index (κ3) is 4.67. The molecule has 2 saturated carbocycles. The van der Waals surface area contributed by atoms with Crippen molar-refractivity contribution in [1.82, 2.24) is 0 Å². The van der Waals surface area contributed by atoms with Gasteiger partial charge in [-0.05, 0) is 43.9 Å². The fourth-order valence-electron chi connectivity index (χ4n) is 4.89. The lowest BCUT2D eigenvalue weighted by Gasteiger charge is -2.35. The van der Waals surface area contributed by atoms with Gasteiger partial charge < -0.3 is 9.31 Å². The summed E-state index contributed by atoms with van der Waals surface area (Å²) >= 11 is 6.62. The van der Waals surface area contributed by atoms with Crippen LogP contribution in [0.5, 0.6) is 0 Å². The number of hydrogen-bond donors (Lipinski definition) is 0. The Balaban J connectivity index is 1.65. The molecule has 3 aliphatic rings. The zero-order valence-electron chi connectivity index (χ0n) is 14.9. The first-order valence-corrected chi connectivity index (χ1v) is 10.7. The zero-order valence-corrected chi connectivity index (χ0v) is 15.6. The molecule has 0 spiro atoms. The monoisotopic (exact) mass is 340 g/mol. The number of hydrogen-bond acceptors (Lipinski definition) is 2. The molecule has 3 fully saturated rings. The molecule has 2 aliphatic carbocycles. The van der Waals surface area contributed by atoms with Gasteiger partial charge in [0, 0.05) is 0 Å². The van der Waals surface area contributed by atoms with Crippen molar-refractivity contribution < 1.29 is 9.31 Å². The van der Waals surface area contributed by atoms with E-state index < -0.39 is 0 Å². The van der Waals surface area contributed by atoms with Crippen LogP contribution in [-0.2, 0) is 9.31 Å². The van der Waals surface area contributed by atoms with Crippen LogP contribution < -0.4 is 0 Å². The molecule has 3 atom stereocenters. The van der Waals surface area contributed by atoms with Crippen LogP contribution in [-0.4, -0.2) is 24.6 Å². The first-order chi connectivity index (χ1) is 11.3. The Morgan fingerprint density at radius 1 is 0.870 bits per heavy atom. The molecule has 0 bridgehead atoms. The Morgan fingerprint density at radius 2 is 1.35 bits per heavy atom. The van der Waals surface area contributed by atoms with Crippen LogP contribution in [0, 0.1) is 11.8 Å².